The van der Waals surface area contributed by atoms with Crippen LogP contribution in [0.15, 0.2) is 35.3 Å². The molecule has 2 aliphatic rings. The number of guanidine groups is 1. The molecule has 1 aromatic heterocycles. The fourth-order valence-corrected chi connectivity index (χ4v) is 5.04. The summed E-state index contributed by atoms with van der Waals surface area (Å²) in [5.74, 6) is 0.731. The molecule has 3 heterocycles. The maximum atomic E-state index is 10.6. The summed E-state index contributed by atoms with van der Waals surface area (Å²) in [5.41, 5.74) is 0. The smallest absolute Gasteiger partial charge is 0.191 e. The van der Waals surface area contributed by atoms with E-state index in [2.05, 4.69) is 38.7 Å². The van der Waals surface area contributed by atoms with Gasteiger partial charge in [-0.15, -0.1) is 35.3 Å². The molecule has 0 spiro atoms. The second-order valence-corrected chi connectivity index (χ2v) is 8.66. The number of rotatable bonds is 6. The van der Waals surface area contributed by atoms with Crippen LogP contribution in [0.25, 0.3) is 10.1 Å². The van der Waals surface area contributed by atoms with E-state index in [4.69, 9.17) is 4.74 Å². The van der Waals surface area contributed by atoms with Gasteiger partial charge in [0, 0.05) is 35.3 Å². The highest BCUT2D eigenvalue weighted by atomic mass is 127. The molecule has 2 saturated heterocycles. The molecule has 6 nitrogen and oxygen atoms in total. The molecule has 0 amide bonds. The van der Waals surface area contributed by atoms with Crippen molar-refractivity contribution in [1.82, 2.24) is 15.5 Å². The summed E-state index contributed by atoms with van der Waals surface area (Å²) >= 11 is 1.63. The third-order valence-corrected chi connectivity index (χ3v) is 6.72. The molecular weight excluding hydrogens is 499 g/mol. The molecule has 4 rings (SSSR count). The number of aliphatic hydroxyl groups is 1. The van der Waals surface area contributed by atoms with E-state index < -0.39 is 6.10 Å². The van der Waals surface area contributed by atoms with Crippen LogP contribution in [0.2, 0.25) is 0 Å². The molecule has 0 saturated carbocycles. The SMILES string of the molecule is CCNC(=NCC(O)c1cc2ccccc2s1)NCC1CN2CCCC2CO1.I. The molecule has 2 aliphatic heterocycles. The van der Waals surface area contributed by atoms with Crippen molar-refractivity contribution in [3.05, 3.63) is 35.2 Å². The molecule has 3 unspecified atom stereocenters. The average Bonchev–Trinajstić information content (AvgIpc) is 3.36. The molecule has 2 aromatic rings. The summed E-state index contributed by atoms with van der Waals surface area (Å²) in [4.78, 5) is 8.09. The summed E-state index contributed by atoms with van der Waals surface area (Å²) in [6.45, 7) is 6.91. The standard InChI is InChI=1S/C21H30N4O2S.HI/c1-2-22-21(23-11-17-13-25-9-5-7-16(25)14-27-17)24-12-18(26)20-10-15-6-3-4-8-19(15)28-20;/h3-4,6,8,10,16-18,26H,2,5,7,9,11-14H2,1H3,(H2,22,23,24);1H. The van der Waals surface area contributed by atoms with Crippen LogP contribution in [0.1, 0.15) is 30.7 Å². The number of halogens is 1. The monoisotopic (exact) mass is 530 g/mol. The molecular formula is C21H31IN4O2S. The topological polar surface area (TPSA) is 69.1 Å². The molecule has 3 N–H and O–H groups in total. The molecule has 1 aromatic carbocycles. The van der Waals surface area contributed by atoms with E-state index in [-0.39, 0.29) is 30.1 Å². The highest BCUT2D eigenvalue weighted by Gasteiger charge is 2.32. The van der Waals surface area contributed by atoms with Crippen LogP contribution in [0.5, 0.6) is 0 Å². The summed E-state index contributed by atoms with van der Waals surface area (Å²) in [6.07, 6.45) is 2.14. The Morgan fingerprint density at radius 1 is 1.38 bits per heavy atom. The predicted molar refractivity (Wildman–Crippen MR) is 131 cm³/mol. The summed E-state index contributed by atoms with van der Waals surface area (Å²) < 4.78 is 7.21. The number of nitrogens with zero attached hydrogens (tertiary/aromatic N) is 2. The van der Waals surface area contributed by atoms with E-state index in [9.17, 15) is 5.11 Å². The third-order valence-electron chi connectivity index (χ3n) is 5.50. The van der Waals surface area contributed by atoms with E-state index in [0.29, 0.717) is 12.6 Å². The molecule has 0 aliphatic carbocycles. The minimum atomic E-state index is -0.593. The lowest BCUT2D eigenvalue weighted by Gasteiger charge is -2.35. The van der Waals surface area contributed by atoms with Crippen molar-refractivity contribution in [2.45, 2.75) is 38.0 Å². The molecule has 160 valence electrons. The van der Waals surface area contributed by atoms with Crippen LogP contribution in [-0.2, 0) is 4.74 Å². The van der Waals surface area contributed by atoms with Crippen molar-refractivity contribution in [2.75, 3.05) is 39.3 Å². The van der Waals surface area contributed by atoms with E-state index in [1.807, 2.05) is 19.1 Å². The van der Waals surface area contributed by atoms with Crippen LogP contribution in [0.3, 0.4) is 0 Å². The predicted octanol–water partition coefficient (Wildman–Crippen LogP) is 2.97. The largest absolute Gasteiger partial charge is 0.386 e. The van der Waals surface area contributed by atoms with Crippen molar-refractivity contribution in [2.24, 2.45) is 4.99 Å². The number of thiophene rings is 1. The number of benzene rings is 1. The fraction of sp³-hybridized carbons (Fsp3) is 0.571. The number of aliphatic hydroxyl groups excluding tert-OH is 1. The number of nitrogens with one attached hydrogen (secondary N) is 2. The first kappa shape index (κ1) is 22.7. The molecule has 8 heteroatoms. The average molecular weight is 530 g/mol. The van der Waals surface area contributed by atoms with Gasteiger partial charge >= 0.3 is 0 Å². The second kappa shape index (κ2) is 10.9. The Hall–Kier alpha value is -0.940. The van der Waals surface area contributed by atoms with Gasteiger partial charge in [0.05, 0.1) is 19.3 Å². The number of ether oxygens (including phenoxy) is 1. The number of hydrogen-bond donors (Lipinski definition) is 3. The van der Waals surface area contributed by atoms with Gasteiger partial charge in [-0.3, -0.25) is 9.89 Å². The van der Waals surface area contributed by atoms with Gasteiger partial charge in [0.2, 0.25) is 0 Å². The Labute approximate surface area is 193 Å². The zero-order valence-corrected chi connectivity index (χ0v) is 20.0. The summed E-state index contributed by atoms with van der Waals surface area (Å²) in [5, 5.41) is 18.4. The van der Waals surface area contributed by atoms with Gasteiger partial charge in [-0.2, -0.15) is 0 Å². The minimum absolute atomic E-state index is 0. The first-order valence-electron chi connectivity index (χ1n) is 10.3. The van der Waals surface area contributed by atoms with Crippen LogP contribution in [-0.4, -0.2) is 67.4 Å². The van der Waals surface area contributed by atoms with Crippen molar-refractivity contribution in [1.29, 1.82) is 0 Å². The lowest BCUT2D eigenvalue weighted by molar-refractivity contribution is -0.0453. The first-order valence-corrected chi connectivity index (χ1v) is 11.1. The van der Waals surface area contributed by atoms with E-state index >= 15 is 0 Å². The quantitative estimate of drug-likeness (QED) is 0.305. The van der Waals surface area contributed by atoms with Crippen LogP contribution < -0.4 is 10.6 Å². The lowest BCUT2D eigenvalue weighted by atomic mass is 10.2. The van der Waals surface area contributed by atoms with E-state index in [1.54, 1.807) is 11.3 Å². The maximum absolute atomic E-state index is 10.6. The van der Waals surface area contributed by atoms with Gasteiger partial charge < -0.3 is 20.5 Å². The molecule has 3 atom stereocenters. The van der Waals surface area contributed by atoms with Gasteiger partial charge in [-0.05, 0) is 43.8 Å². The Kier molecular flexibility index (Phi) is 8.55. The van der Waals surface area contributed by atoms with Gasteiger partial charge in [-0.1, -0.05) is 18.2 Å². The van der Waals surface area contributed by atoms with Crippen molar-refractivity contribution >= 4 is 51.4 Å². The number of fused-ring (bicyclic) bond motifs is 2. The Morgan fingerprint density at radius 2 is 2.24 bits per heavy atom. The number of morpholine rings is 1. The highest BCUT2D eigenvalue weighted by molar-refractivity contribution is 14.0. The molecule has 0 radical (unpaired) electrons. The van der Waals surface area contributed by atoms with Crippen molar-refractivity contribution in [3.63, 3.8) is 0 Å². The summed E-state index contributed by atoms with van der Waals surface area (Å²) in [7, 11) is 0. The van der Waals surface area contributed by atoms with Gasteiger partial charge in [0.1, 0.15) is 6.10 Å². The van der Waals surface area contributed by atoms with Crippen LogP contribution in [0, 0.1) is 0 Å². The van der Waals surface area contributed by atoms with Crippen LogP contribution >= 0.6 is 35.3 Å². The van der Waals surface area contributed by atoms with E-state index in [0.717, 1.165) is 37.1 Å². The Morgan fingerprint density at radius 3 is 3.07 bits per heavy atom. The lowest BCUT2D eigenvalue weighted by Crippen LogP contribution is -2.51. The van der Waals surface area contributed by atoms with Crippen LogP contribution in [0.4, 0.5) is 0 Å². The number of hydrogen-bond acceptors (Lipinski definition) is 5. The zero-order chi connectivity index (χ0) is 19.3. The first-order chi connectivity index (χ1) is 13.7. The Balaban J connectivity index is 0.00000240. The van der Waals surface area contributed by atoms with Gasteiger partial charge in [0.25, 0.3) is 0 Å². The van der Waals surface area contributed by atoms with Crippen molar-refractivity contribution < 1.29 is 9.84 Å². The summed E-state index contributed by atoms with van der Waals surface area (Å²) in [6, 6.07) is 10.9. The van der Waals surface area contributed by atoms with Crippen molar-refractivity contribution in [3.8, 4) is 0 Å². The fourth-order valence-electron chi connectivity index (χ4n) is 4.00. The molecule has 2 fully saturated rings. The van der Waals surface area contributed by atoms with Gasteiger partial charge in [-0.25, -0.2) is 0 Å². The van der Waals surface area contributed by atoms with Gasteiger partial charge in [0.15, 0.2) is 5.96 Å². The minimum Gasteiger partial charge on any atom is -0.386 e. The second-order valence-electron chi connectivity index (χ2n) is 7.55. The third kappa shape index (κ3) is 5.81. The maximum Gasteiger partial charge on any atom is 0.191 e. The molecule has 0 bridgehead atoms. The van der Waals surface area contributed by atoms with E-state index in [1.165, 1.54) is 29.5 Å². The number of aliphatic imine (C=N–C) groups is 1. The highest BCUT2D eigenvalue weighted by Crippen LogP contribution is 2.29. The zero-order valence-electron chi connectivity index (χ0n) is 16.8. The normalized spacial score (nSPS) is 23.4. The molecule has 29 heavy (non-hydrogen) atoms. The Bertz CT molecular complexity index is 782.